The van der Waals surface area contributed by atoms with Crippen molar-refractivity contribution in [2.24, 2.45) is 0 Å². The fourth-order valence-corrected chi connectivity index (χ4v) is 17.0. The van der Waals surface area contributed by atoms with Crippen LogP contribution < -0.4 is 21.3 Å². The standard InChI is InChI=1S/C37H32N2.C33H30N2.C27H26N2.C25H24N2/c1-26(2)27-22-24-30(25-23-27)38-37(34-18-9-8-17-32(34)28-12-4-3-5-13-28)36-21-11-20-35(39-36)33-19-10-15-29-14-6-7-16-31(29)33;1-24(2)25-20-22-28(23-21-25)34-33(30-17-10-9-16-29(30)26-12-5-3-6-13-26)32-19-11-18-31(35-32)27-14-7-4-8-15-27;1-20(2)21-16-18-24(19-17-21)28-27(23-12-7-4-8-13-23)26-15-9-14-25(29-26)22-10-5-3-6-11-22;1-17-14-18(2)25(19(3)15-17)26-16-21-10-7-13-24(27-21)23-12-6-9-20-8-4-5-11-22(20)23/h3-26,37-38H,1-2H3;3-24,33-34H,1-2H3;3-20,27-28H,1-2H3;4-15,26H,16H2,1-3H3. The van der Waals surface area contributed by atoms with Gasteiger partial charge in [0.1, 0.15) is 0 Å². The van der Waals surface area contributed by atoms with Gasteiger partial charge in [0.05, 0.1) is 70.2 Å². The van der Waals surface area contributed by atoms with Crippen LogP contribution in [0.1, 0.15) is 150 Å². The second-order valence-corrected chi connectivity index (χ2v) is 34.1. The number of aryl methyl sites for hydroxylation is 3. The van der Waals surface area contributed by atoms with Gasteiger partial charge in [-0.15, -0.1) is 0 Å². The van der Waals surface area contributed by atoms with E-state index in [9.17, 15) is 0 Å². The van der Waals surface area contributed by atoms with E-state index in [1.165, 1.54) is 105 Å². The molecule has 0 spiro atoms. The van der Waals surface area contributed by atoms with E-state index >= 15 is 0 Å². The lowest BCUT2D eigenvalue weighted by Crippen LogP contribution is -2.15. The Hall–Kier alpha value is -15.4. The van der Waals surface area contributed by atoms with Crippen LogP contribution in [0, 0.1) is 20.8 Å². The molecule has 0 amide bonds. The van der Waals surface area contributed by atoms with Crippen molar-refractivity contribution in [2.45, 2.75) is 105 Å². The minimum atomic E-state index is -0.138. The van der Waals surface area contributed by atoms with Crippen LogP contribution in [0.15, 0.2) is 443 Å². The first-order valence-corrected chi connectivity index (χ1v) is 45.4. The van der Waals surface area contributed by atoms with Crippen LogP contribution in [-0.2, 0) is 6.54 Å². The van der Waals surface area contributed by atoms with Crippen LogP contribution in [0.4, 0.5) is 22.7 Å². The smallest absolute Gasteiger partial charge is 0.0946 e. The molecule has 4 aromatic heterocycles. The van der Waals surface area contributed by atoms with Crippen molar-refractivity contribution in [2.75, 3.05) is 21.3 Å². The van der Waals surface area contributed by atoms with Crippen LogP contribution in [0.25, 0.3) is 88.8 Å². The van der Waals surface area contributed by atoms with E-state index in [1.807, 2.05) is 30.3 Å². The average molecular weight is 1690 g/mol. The second-order valence-electron chi connectivity index (χ2n) is 34.1. The van der Waals surface area contributed by atoms with Gasteiger partial charge in [-0.3, -0.25) is 19.9 Å². The third kappa shape index (κ3) is 22.2. The van der Waals surface area contributed by atoms with Crippen LogP contribution in [0.5, 0.6) is 0 Å². The van der Waals surface area contributed by atoms with E-state index in [0.29, 0.717) is 24.3 Å². The summed E-state index contributed by atoms with van der Waals surface area (Å²) in [5, 5.41) is 19.8. The van der Waals surface area contributed by atoms with Gasteiger partial charge in [0, 0.05) is 45.0 Å². The zero-order valence-corrected chi connectivity index (χ0v) is 75.6. The summed E-state index contributed by atoms with van der Waals surface area (Å²) in [6, 6.07) is 155. The molecule has 19 rings (SSSR count). The molecular weight excluding hydrogens is 1580 g/mol. The second kappa shape index (κ2) is 42.7. The quantitative estimate of drug-likeness (QED) is 0.0475. The Bertz CT molecular complexity index is 6850. The molecule has 130 heavy (non-hydrogen) atoms. The first-order valence-electron chi connectivity index (χ1n) is 45.4. The maximum Gasteiger partial charge on any atom is 0.0946 e. The van der Waals surface area contributed by atoms with Crippen molar-refractivity contribution in [3.63, 3.8) is 0 Å². The Labute approximate surface area is 768 Å². The number of hydrogen-bond acceptors (Lipinski definition) is 8. The molecule has 3 atom stereocenters. The van der Waals surface area contributed by atoms with Crippen molar-refractivity contribution >= 4 is 44.3 Å². The largest absolute Gasteiger partial charge is 0.379 e. The Morgan fingerprint density at radius 3 is 0.962 bits per heavy atom. The molecule has 8 nitrogen and oxygen atoms in total. The predicted molar refractivity (Wildman–Crippen MR) is 550 cm³/mol. The van der Waals surface area contributed by atoms with Crippen LogP contribution in [0.3, 0.4) is 0 Å². The van der Waals surface area contributed by atoms with Gasteiger partial charge in [0.15, 0.2) is 0 Å². The van der Waals surface area contributed by atoms with Crippen molar-refractivity contribution in [3.8, 4) is 67.3 Å². The molecule has 4 heterocycles. The molecule has 4 N–H and O–H groups in total. The highest BCUT2D eigenvalue weighted by Crippen LogP contribution is 2.40. The Morgan fingerprint density at radius 2 is 0.546 bits per heavy atom. The minimum absolute atomic E-state index is 0.0234. The first kappa shape index (κ1) is 88.1. The highest BCUT2D eigenvalue weighted by Gasteiger charge is 2.25. The Morgan fingerprint density at radius 1 is 0.238 bits per heavy atom. The highest BCUT2D eigenvalue weighted by atomic mass is 15.0. The monoisotopic (exact) mass is 1690 g/mol. The van der Waals surface area contributed by atoms with Crippen LogP contribution >= 0.6 is 0 Å². The summed E-state index contributed by atoms with van der Waals surface area (Å²) in [7, 11) is 0. The van der Waals surface area contributed by atoms with Crippen LogP contribution in [0.2, 0.25) is 0 Å². The Balaban J connectivity index is 0.000000128. The minimum Gasteiger partial charge on any atom is -0.379 e. The van der Waals surface area contributed by atoms with Gasteiger partial charge in [-0.25, -0.2) is 0 Å². The lowest BCUT2D eigenvalue weighted by atomic mass is 9.92. The van der Waals surface area contributed by atoms with Gasteiger partial charge >= 0.3 is 0 Å². The number of pyridine rings is 4. The molecule has 3 unspecified atom stereocenters. The molecule has 15 aromatic carbocycles. The summed E-state index contributed by atoms with van der Waals surface area (Å²) in [4.78, 5) is 20.3. The molecular formula is C122H112N8. The normalized spacial score (nSPS) is 11.7. The molecule has 0 bridgehead atoms. The number of hydrogen-bond donors (Lipinski definition) is 4. The zero-order chi connectivity index (χ0) is 89.5. The number of rotatable bonds is 24. The highest BCUT2D eigenvalue weighted by molar-refractivity contribution is 5.97. The number of nitrogens with one attached hydrogen (secondary N) is 4. The molecule has 0 aliphatic heterocycles. The SMILES string of the molecule is CC(C)c1ccc(NC(c2cccc(-c3cccc4ccccc34)n2)c2ccccc2-c2ccccc2)cc1.CC(C)c1ccc(NC(c2cccc(-c3ccccc3)n2)c2ccccc2-c2ccccc2)cc1.CC(C)c1ccc(NC(c2ccccc2)c2cccc(-c3ccccc3)n2)cc1.Cc1cc(C)c(NCc2cccc(-c3cccc4ccccc34)n2)c(C)c1. The van der Waals surface area contributed by atoms with E-state index in [-0.39, 0.29) is 18.1 Å². The molecule has 0 aliphatic rings. The summed E-state index contributed by atoms with van der Waals surface area (Å²) >= 11 is 0. The van der Waals surface area contributed by atoms with Crippen molar-refractivity contribution in [1.29, 1.82) is 0 Å². The molecule has 0 saturated heterocycles. The lowest BCUT2D eigenvalue weighted by Gasteiger charge is -2.24. The molecule has 640 valence electrons. The van der Waals surface area contributed by atoms with Crippen molar-refractivity contribution < 1.29 is 0 Å². The third-order valence-electron chi connectivity index (χ3n) is 23.9. The number of fused-ring (bicyclic) bond motifs is 2. The van der Waals surface area contributed by atoms with E-state index in [1.54, 1.807) is 0 Å². The number of nitrogens with zero attached hydrogens (tertiary/aromatic N) is 4. The van der Waals surface area contributed by atoms with Gasteiger partial charge < -0.3 is 21.3 Å². The fourth-order valence-electron chi connectivity index (χ4n) is 17.0. The van der Waals surface area contributed by atoms with E-state index < -0.39 is 0 Å². The molecule has 0 aliphatic carbocycles. The zero-order valence-electron chi connectivity index (χ0n) is 75.6. The van der Waals surface area contributed by atoms with E-state index in [4.69, 9.17) is 19.9 Å². The van der Waals surface area contributed by atoms with Gasteiger partial charge in [-0.2, -0.15) is 0 Å². The molecule has 0 saturated carbocycles. The molecule has 8 heteroatoms. The summed E-state index contributed by atoms with van der Waals surface area (Å²) in [5.41, 5.74) is 33.2. The maximum atomic E-state index is 5.28. The van der Waals surface area contributed by atoms with Gasteiger partial charge in [0.25, 0.3) is 0 Å². The summed E-state index contributed by atoms with van der Waals surface area (Å²) in [6.45, 7) is 20.5. The van der Waals surface area contributed by atoms with Gasteiger partial charge in [-0.1, -0.05) is 405 Å². The maximum absolute atomic E-state index is 5.28. The number of benzene rings is 15. The summed E-state index contributed by atoms with van der Waals surface area (Å²) in [5.74, 6) is 1.52. The van der Waals surface area contributed by atoms with Gasteiger partial charge in [0.2, 0.25) is 0 Å². The van der Waals surface area contributed by atoms with Crippen molar-refractivity contribution in [1.82, 2.24) is 19.9 Å². The average Bonchev–Trinajstić information content (AvgIpc) is 0.783. The number of anilines is 4. The van der Waals surface area contributed by atoms with E-state index in [0.717, 1.165) is 79.3 Å². The predicted octanol–water partition coefficient (Wildman–Crippen LogP) is 32.1. The summed E-state index contributed by atoms with van der Waals surface area (Å²) < 4.78 is 0. The Kier molecular flexibility index (Phi) is 29.0. The topological polar surface area (TPSA) is 99.7 Å². The first-order chi connectivity index (χ1) is 63.7. The fraction of sp³-hybridized carbons (Fsp3) is 0.131. The molecule has 0 fully saturated rings. The molecule has 0 radical (unpaired) electrons. The van der Waals surface area contributed by atoms with Crippen LogP contribution in [-0.4, -0.2) is 19.9 Å². The molecule has 19 aromatic rings. The lowest BCUT2D eigenvalue weighted by molar-refractivity contribution is 0.863. The third-order valence-corrected chi connectivity index (χ3v) is 23.9. The van der Waals surface area contributed by atoms with E-state index in [2.05, 4.69) is 496 Å². The summed E-state index contributed by atoms with van der Waals surface area (Å²) in [6.07, 6.45) is 0. The van der Waals surface area contributed by atoms with Gasteiger partial charge in [-0.05, 0) is 212 Å². The number of aromatic nitrogens is 4. The van der Waals surface area contributed by atoms with Crippen molar-refractivity contribution in [3.05, 3.63) is 516 Å².